The number of nitrogens with zero attached hydrogens (tertiary/aromatic N) is 1. The van der Waals surface area contributed by atoms with Crippen molar-refractivity contribution in [2.75, 3.05) is 13.7 Å². The topological polar surface area (TPSA) is 80.3 Å². The van der Waals surface area contributed by atoms with Crippen LogP contribution in [0, 0.1) is 12.5 Å². The van der Waals surface area contributed by atoms with Crippen molar-refractivity contribution in [3.05, 3.63) is 59.0 Å². The highest BCUT2D eigenvalue weighted by Crippen LogP contribution is 2.41. The predicted molar refractivity (Wildman–Crippen MR) is 103 cm³/mol. The summed E-state index contributed by atoms with van der Waals surface area (Å²) in [7, 11) is 1.60. The van der Waals surface area contributed by atoms with Gasteiger partial charge in [-0.3, -0.25) is 0 Å². The Morgan fingerprint density at radius 1 is 1.37 bits per heavy atom. The van der Waals surface area contributed by atoms with Gasteiger partial charge in [-0.25, -0.2) is 4.79 Å². The second-order valence-corrected chi connectivity index (χ2v) is 6.77. The zero-order chi connectivity index (χ0) is 20.0. The number of rotatable bonds is 7. The third kappa shape index (κ3) is 4.57. The van der Waals surface area contributed by atoms with Gasteiger partial charge in [-0.2, -0.15) is 0 Å². The summed E-state index contributed by atoms with van der Waals surface area (Å²) in [6, 6.07) is 7.50. The average Bonchev–Trinajstić information content (AvgIpc) is 2.67. The summed E-state index contributed by atoms with van der Waals surface area (Å²) < 4.78 is 10.6. The van der Waals surface area contributed by atoms with Crippen molar-refractivity contribution in [2.24, 2.45) is 5.92 Å². The van der Waals surface area contributed by atoms with Gasteiger partial charge in [-0.15, -0.1) is 0 Å². The molecular formula is C21H26NO5+. The van der Waals surface area contributed by atoms with E-state index >= 15 is 0 Å². The normalized spacial score (nSPS) is 23.7. The molecule has 2 rings (SSSR count). The molecule has 1 aromatic rings. The average molecular weight is 372 g/mol. The maximum atomic E-state index is 11.7. The van der Waals surface area contributed by atoms with Crippen molar-refractivity contribution in [2.45, 2.75) is 37.5 Å². The van der Waals surface area contributed by atoms with E-state index in [2.05, 4.69) is 11.4 Å². The van der Waals surface area contributed by atoms with Crippen molar-refractivity contribution in [3.8, 4) is 12.3 Å². The Morgan fingerprint density at radius 2 is 2.04 bits per heavy atom. The van der Waals surface area contributed by atoms with Crippen LogP contribution in [0.15, 0.2) is 48.6 Å². The molecule has 1 unspecified atom stereocenters. The van der Waals surface area contributed by atoms with Gasteiger partial charge < -0.3 is 19.7 Å². The summed E-state index contributed by atoms with van der Waals surface area (Å²) in [4.78, 5) is 15.8. The number of hydrogen-bond donors (Lipinski definition) is 2. The fourth-order valence-corrected chi connectivity index (χ4v) is 3.53. The summed E-state index contributed by atoms with van der Waals surface area (Å²) in [5.41, 5.74) is 0.684. The van der Waals surface area contributed by atoms with E-state index < -0.39 is 36.2 Å². The van der Waals surface area contributed by atoms with Crippen LogP contribution in [0.4, 0.5) is 0 Å². The molecule has 4 atom stereocenters. The highest BCUT2D eigenvalue weighted by atomic mass is 16.6. The van der Waals surface area contributed by atoms with Gasteiger partial charge in [0.05, 0.1) is 25.6 Å². The molecule has 6 nitrogen and oxygen atoms in total. The van der Waals surface area contributed by atoms with Crippen molar-refractivity contribution in [1.82, 2.24) is 0 Å². The van der Waals surface area contributed by atoms with Crippen LogP contribution in [0.25, 0.3) is 4.85 Å². The fraction of sp³-hybridized carbons (Fsp3) is 0.429. The van der Waals surface area contributed by atoms with Gasteiger partial charge in [-0.05, 0) is 37.1 Å². The number of esters is 1. The molecule has 0 aromatic heterocycles. The van der Waals surface area contributed by atoms with Gasteiger partial charge in [0.15, 0.2) is 0 Å². The third-order valence-electron chi connectivity index (χ3n) is 5.03. The van der Waals surface area contributed by atoms with E-state index in [4.69, 9.17) is 21.2 Å². The molecule has 0 aliphatic heterocycles. The van der Waals surface area contributed by atoms with Crippen LogP contribution in [-0.2, 0) is 16.0 Å². The Bertz CT molecular complexity index is 749. The van der Waals surface area contributed by atoms with E-state index in [1.165, 1.54) is 0 Å². The maximum Gasteiger partial charge on any atom is 0.332 e. The lowest BCUT2D eigenvalue weighted by atomic mass is 9.68. The minimum atomic E-state index is -0.958. The Hall–Kier alpha value is -2.62. The van der Waals surface area contributed by atoms with Gasteiger partial charge in [-0.1, -0.05) is 29.6 Å². The largest absolute Gasteiger partial charge is 0.497 e. The second-order valence-electron chi connectivity index (χ2n) is 6.77. The number of ether oxygens (including phenoxy) is 2. The monoisotopic (exact) mass is 372 g/mol. The smallest absolute Gasteiger partial charge is 0.332 e. The van der Waals surface area contributed by atoms with Crippen LogP contribution in [-0.4, -0.2) is 47.6 Å². The number of benzene rings is 1. The van der Waals surface area contributed by atoms with Crippen molar-refractivity contribution in [3.63, 3.8) is 0 Å². The van der Waals surface area contributed by atoms with E-state index in [9.17, 15) is 9.90 Å². The fourth-order valence-electron chi connectivity index (χ4n) is 3.53. The molecule has 27 heavy (non-hydrogen) atoms. The lowest BCUT2D eigenvalue weighted by Crippen LogP contribution is -2.48. The first-order valence-electron chi connectivity index (χ1n) is 8.74. The summed E-state index contributed by atoms with van der Waals surface area (Å²) >= 11 is 0. The van der Waals surface area contributed by atoms with Crippen molar-refractivity contribution >= 4 is 5.97 Å². The molecule has 1 aromatic carbocycles. The first-order chi connectivity index (χ1) is 12.9. The second kappa shape index (κ2) is 8.85. The zero-order valence-corrected chi connectivity index (χ0v) is 15.7. The van der Waals surface area contributed by atoms with Crippen LogP contribution in [0.2, 0.25) is 0 Å². The van der Waals surface area contributed by atoms with Crippen molar-refractivity contribution in [1.29, 1.82) is 0 Å². The SMILES string of the molecule is C#[N+]C(Cc1ccc(OC)cc1)(C(=C)C)[C@H]1C[C@@H](O)C=C[C@@H]1OC(=O)CO. The van der Waals surface area contributed by atoms with Crippen LogP contribution in [0.1, 0.15) is 18.9 Å². The van der Waals surface area contributed by atoms with Crippen molar-refractivity contribution < 1.29 is 24.5 Å². The minimum absolute atomic E-state index is 0.295. The number of aliphatic hydroxyl groups is 2. The standard InChI is InChI=1S/C21H26NO5/c1-14(2)21(22-3,12-15-5-8-17(26-4)9-6-15)18-11-16(24)7-10-19(18)27-20(25)13-23/h3,5-10,16,18-19,23-24H,1,11-13H2,2,4H3/q+1/t16-,18-,19-,21?/m0/s1. The molecule has 0 spiro atoms. The number of hydrogen-bond acceptors (Lipinski definition) is 5. The number of carbonyl (C=O) groups is 1. The Balaban J connectivity index is 2.42. The van der Waals surface area contributed by atoms with E-state index in [-0.39, 0.29) is 0 Å². The minimum Gasteiger partial charge on any atom is -0.497 e. The quantitative estimate of drug-likeness (QED) is 0.567. The molecule has 0 bridgehead atoms. The summed E-state index contributed by atoms with van der Waals surface area (Å²) in [6.07, 6.45) is 2.50. The molecular weight excluding hydrogens is 346 g/mol. The molecule has 0 heterocycles. The van der Waals surface area contributed by atoms with Gasteiger partial charge in [0.2, 0.25) is 0 Å². The molecule has 1 aliphatic carbocycles. The van der Waals surface area contributed by atoms with E-state index in [0.29, 0.717) is 18.4 Å². The first kappa shape index (κ1) is 20.7. The van der Waals surface area contributed by atoms with E-state index in [0.717, 1.165) is 11.3 Å². The van der Waals surface area contributed by atoms with E-state index in [1.54, 1.807) is 19.3 Å². The Kier molecular flexibility index (Phi) is 6.78. The maximum absolute atomic E-state index is 11.7. The molecule has 6 heteroatoms. The summed E-state index contributed by atoms with van der Waals surface area (Å²) in [6.45, 7) is 11.0. The molecule has 144 valence electrons. The van der Waals surface area contributed by atoms with Crippen LogP contribution >= 0.6 is 0 Å². The highest BCUT2D eigenvalue weighted by Gasteiger charge is 2.55. The Morgan fingerprint density at radius 3 is 2.56 bits per heavy atom. The molecule has 0 saturated carbocycles. The lowest BCUT2D eigenvalue weighted by Gasteiger charge is -2.35. The van der Waals surface area contributed by atoms with Gasteiger partial charge in [0.1, 0.15) is 18.5 Å². The lowest BCUT2D eigenvalue weighted by molar-refractivity contribution is -0.154. The van der Waals surface area contributed by atoms with E-state index in [1.807, 2.05) is 31.2 Å². The molecule has 0 saturated heterocycles. The molecule has 0 fully saturated rings. The first-order valence-corrected chi connectivity index (χ1v) is 8.74. The number of carbonyl (C=O) groups excluding carboxylic acids is 1. The Labute approximate surface area is 159 Å². The molecule has 0 radical (unpaired) electrons. The van der Waals surface area contributed by atoms with Crippen LogP contribution in [0.5, 0.6) is 5.75 Å². The third-order valence-corrected chi connectivity index (χ3v) is 5.03. The number of methoxy groups -OCH3 is 1. The highest BCUT2D eigenvalue weighted by molar-refractivity contribution is 5.70. The molecule has 2 N–H and O–H groups in total. The molecule has 0 amide bonds. The van der Waals surface area contributed by atoms with Gasteiger partial charge in [0, 0.05) is 5.57 Å². The summed E-state index contributed by atoms with van der Waals surface area (Å²) in [5.74, 6) is -0.448. The van der Waals surface area contributed by atoms with Crippen LogP contribution in [0.3, 0.4) is 0 Å². The van der Waals surface area contributed by atoms with Gasteiger partial charge in [0.25, 0.3) is 6.57 Å². The predicted octanol–water partition coefficient (Wildman–Crippen LogP) is 2.36. The van der Waals surface area contributed by atoms with Crippen LogP contribution < -0.4 is 4.74 Å². The zero-order valence-electron chi connectivity index (χ0n) is 15.7. The number of aliphatic hydroxyl groups excluding tert-OH is 2. The summed E-state index contributed by atoms with van der Waals surface area (Å²) in [5, 5.41) is 19.2. The molecule has 1 aliphatic rings. The van der Waals surface area contributed by atoms with Gasteiger partial charge >= 0.3 is 11.5 Å².